The summed E-state index contributed by atoms with van der Waals surface area (Å²) in [4.78, 5) is 23.1. The molecule has 0 aliphatic carbocycles. The zero-order valence-corrected chi connectivity index (χ0v) is 15.8. The molecule has 27 heavy (non-hydrogen) atoms. The lowest BCUT2D eigenvalue weighted by Gasteiger charge is -2.18. The quantitative estimate of drug-likeness (QED) is 0.636. The Hall–Kier alpha value is -3.09. The summed E-state index contributed by atoms with van der Waals surface area (Å²) in [6.07, 6.45) is 0.764. The maximum Gasteiger partial charge on any atom is 0.293 e. The van der Waals surface area contributed by atoms with Gasteiger partial charge in [0.15, 0.2) is 18.1 Å². The van der Waals surface area contributed by atoms with E-state index in [1.54, 1.807) is 19.1 Å². The van der Waals surface area contributed by atoms with Gasteiger partial charge in [0.05, 0.1) is 4.92 Å². The first-order valence-electron chi connectivity index (χ1n) is 8.66. The maximum absolute atomic E-state index is 12.4. The van der Waals surface area contributed by atoms with E-state index in [1.165, 1.54) is 6.07 Å². The molecule has 7 heteroatoms. The van der Waals surface area contributed by atoms with Crippen LogP contribution in [0.1, 0.15) is 30.5 Å². The minimum atomic E-state index is -0.511. The van der Waals surface area contributed by atoms with Crippen LogP contribution in [0.15, 0.2) is 30.3 Å². The lowest BCUT2D eigenvalue weighted by atomic mass is 10.0. The Bertz CT molecular complexity index is 921. The number of fused-ring (bicyclic) bond motifs is 1. The van der Waals surface area contributed by atoms with Gasteiger partial charge in [0.1, 0.15) is 11.3 Å². The van der Waals surface area contributed by atoms with Crippen LogP contribution in [0.5, 0.6) is 11.5 Å². The van der Waals surface area contributed by atoms with Crippen molar-refractivity contribution in [1.82, 2.24) is 0 Å². The fraction of sp³-hybridized carbons (Fsp3) is 0.350. The Morgan fingerprint density at radius 1 is 1.30 bits per heavy atom. The van der Waals surface area contributed by atoms with Crippen LogP contribution in [-0.4, -0.2) is 23.0 Å². The van der Waals surface area contributed by atoms with Crippen molar-refractivity contribution in [3.63, 3.8) is 0 Å². The van der Waals surface area contributed by atoms with Crippen LogP contribution >= 0.6 is 0 Å². The molecule has 1 amide bonds. The molecule has 0 bridgehead atoms. The van der Waals surface area contributed by atoms with Crippen molar-refractivity contribution in [2.24, 2.45) is 0 Å². The largest absolute Gasteiger partial charge is 0.483 e. The highest BCUT2D eigenvalue weighted by atomic mass is 16.6. The van der Waals surface area contributed by atoms with E-state index in [0.717, 1.165) is 17.5 Å². The highest BCUT2D eigenvalue weighted by Gasteiger charge is 2.32. The number of carbonyl (C=O) groups excluding carboxylic acids is 1. The van der Waals surface area contributed by atoms with Crippen LogP contribution in [0.4, 0.5) is 11.4 Å². The van der Waals surface area contributed by atoms with Crippen LogP contribution in [0, 0.1) is 24.0 Å². The van der Waals surface area contributed by atoms with E-state index in [9.17, 15) is 14.9 Å². The molecular formula is C20H22N2O5. The highest BCUT2D eigenvalue weighted by molar-refractivity contribution is 5.95. The number of ether oxygens (including phenoxy) is 2. The number of nitrogens with zero attached hydrogens (tertiary/aromatic N) is 1. The Labute approximate surface area is 157 Å². The van der Waals surface area contributed by atoms with Gasteiger partial charge in [0.2, 0.25) is 0 Å². The van der Waals surface area contributed by atoms with E-state index in [0.29, 0.717) is 17.1 Å². The van der Waals surface area contributed by atoms with Crippen molar-refractivity contribution in [2.75, 3.05) is 11.9 Å². The van der Waals surface area contributed by atoms with Gasteiger partial charge >= 0.3 is 0 Å². The third-order valence-corrected chi connectivity index (χ3v) is 4.59. The zero-order valence-electron chi connectivity index (χ0n) is 15.8. The number of carbonyl (C=O) groups is 1. The smallest absolute Gasteiger partial charge is 0.293 e. The summed E-state index contributed by atoms with van der Waals surface area (Å²) in [5.74, 6) is 0.665. The number of para-hydroxylation sites is 1. The van der Waals surface area contributed by atoms with E-state index in [2.05, 4.69) is 5.32 Å². The number of benzene rings is 2. The van der Waals surface area contributed by atoms with E-state index in [1.807, 2.05) is 32.9 Å². The van der Waals surface area contributed by atoms with Crippen LogP contribution < -0.4 is 14.8 Å². The predicted molar refractivity (Wildman–Crippen MR) is 102 cm³/mol. The molecule has 0 atom stereocenters. The van der Waals surface area contributed by atoms with Gasteiger partial charge in [0.25, 0.3) is 11.6 Å². The third-order valence-electron chi connectivity index (χ3n) is 4.59. The van der Waals surface area contributed by atoms with Crippen molar-refractivity contribution in [3.8, 4) is 11.5 Å². The fourth-order valence-electron chi connectivity index (χ4n) is 3.13. The summed E-state index contributed by atoms with van der Waals surface area (Å²) in [7, 11) is 0. The number of amides is 1. The van der Waals surface area contributed by atoms with Crippen molar-refractivity contribution in [3.05, 3.63) is 57.1 Å². The summed E-state index contributed by atoms with van der Waals surface area (Å²) >= 11 is 0. The van der Waals surface area contributed by atoms with Gasteiger partial charge in [-0.05, 0) is 44.9 Å². The summed E-state index contributed by atoms with van der Waals surface area (Å²) in [6, 6.07) is 8.61. The Kier molecular flexibility index (Phi) is 4.78. The number of nitrogens with one attached hydrogen (secondary N) is 1. The second-order valence-corrected chi connectivity index (χ2v) is 7.28. The first-order valence-corrected chi connectivity index (χ1v) is 8.66. The molecule has 0 radical (unpaired) electrons. The lowest BCUT2D eigenvalue weighted by Crippen LogP contribution is -2.25. The predicted octanol–water partition coefficient (Wildman–Crippen LogP) is 3.94. The van der Waals surface area contributed by atoms with Gasteiger partial charge in [-0.15, -0.1) is 0 Å². The molecule has 0 spiro atoms. The van der Waals surface area contributed by atoms with Crippen molar-refractivity contribution < 1.29 is 19.2 Å². The van der Waals surface area contributed by atoms with E-state index >= 15 is 0 Å². The third kappa shape index (κ3) is 3.86. The second-order valence-electron chi connectivity index (χ2n) is 7.28. The van der Waals surface area contributed by atoms with Crippen LogP contribution in [0.3, 0.4) is 0 Å². The van der Waals surface area contributed by atoms with Crippen molar-refractivity contribution in [2.45, 2.75) is 39.7 Å². The first kappa shape index (κ1) is 18.7. The average Bonchev–Trinajstić information content (AvgIpc) is 2.91. The normalized spacial score (nSPS) is 14.2. The lowest BCUT2D eigenvalue weighted by molar-refractivity contribution is -0.384. The number of rotatable bonds is 5. The number of aryl methyl sites for hydroxylation is 1. The SMILES string of the molecule is Cc1ccc([N+](=O)[O-])c(NC(=O)COc2cccc3c2OC(C)(C)C3)c1C. The van der Waals surface area contributed by atoms with Gasteiger partial charge < -0.3 is 14.8 Å². The van der Waals surface area contributed by atoms with E-state index in [-0.39, 0.29) is 23.6 Å². The van der Waals surface area contributed by atoms with E-state index in [4.69, 9.17) is 9.47 Å². The molecule has 0 saturated carbocycles. The molecule has 0 saturated heterocycles. The number of hydrogen-bond donors (Lipinski definition) is 1. The number of nitro benzene ring substituents is 1. The number of nitro groups is 1. The minimum Gasteiger partial charge on any atom is -0.483 e. The molecule has 1 heterocycles. The highest BCUT2D eigenvalue weighted by Crippen LogP contribution is 2.41. The Balaban J connectivity index is 1.74. The summed E-state index contributed by atoms with van der Waals surface area (Å²) in [5, 5.41) is 13.9. The topological polar surface area (TPSA) is 90.7 Å². The molecule has 7 nitrogen and oxygen atoms in total. The van der Waals surface area contributed by atoms with Crippen LogP contribution in [-0.2, 0) is 11.2 Å². The second kappa shape index (κ2) is 6.90. The van der Waals surface area contributed by atoms with Crippen molar-refractivity contribution in [1.29, 1.82) is 0 Å². The Morgan fingerprint density at radius 3 is 2.74 bits per heavy atom. The molecule has 142 valence electrons. The first-order chi connectivity index (χ1) is 12.7. The van der Waals surface area contributed by atoms with Gasteiger partial charge in [-0.25, -0.2) is 0 Å². The summed E-state index contributed by atoms with van der Waals surface area (Å²) in [6.45, 7) is 7.27. The van der Waals surface area contributed by atoms with Gasteiger partial charge in [0, 0.05) is 18.1 Å². The zero-order chi connectivity index (χ0) is 19.8. The number of anilines is 1. The molecule has 1 aliphatic heterocycles. The molecule has 0 fully saturated rings. The summed E-state index contributed by atoms with van der Waals surface area (Å²) in [5.41, 5.74) is 2.28. The van der Waals surface area contributed by atoms with Crippen LogP contribution in [0.25, 0.3) is 0 Å². The molecule has 3 rings (SSSR count). The standard InChI is InChI=1S/C20H22N2O5/c1-12-8-9-15(22(24)25)18(13(12)2)21-17(23)11-26-16-7-5-6-14-10-20(3,4)27-19(14)16/h5-9H,10-11H2,1-4H3,(H,21,23). The molecular weight excluding hydrogens is 348 g/mol. The van der Waals surface area contributed by atoms with Crippen LogP contribution in [0.2, 0.25) is 0 Å². The molecule has 1 N–H and O–H groups in total. The van der Waals surface area contributed by atoms with E-state index < -0.39 is 10.8 Å². The fourth-order valence-corrected chi connectivity index (χ4v) is 3.13. The molecule has 2 aromatic rings. The maximum atomic E-state index is 12.4. The summed E-state index contributed by atoms with van der Waals surface area (Å²) < 4.78 is 11.6. The number of hydrogen-bond acceptors (Lipinski definition) is 5. The molecule has 1 aliphatic rings. The molecule has 2 aromatic carbocycles. The van der Waals surface area contributed by atoms with Gasteiger partial charge in [-0.3, -0.25) is 14.9 Å². The minimum absolute atomic E-state index is 0.142. The molecule has 0 unspecified atom stereocenters. The van der Waals surface area contributed by atoms with Gasteiger partial charge in [-0.2, -0.15) is 0 Å². The van der Waals surface area contributed by atoms with Crippen molar-refractivity contribution >= 4 is 17.3 Å². The monoisotopic (exact) mass is 370 g/mol. The van der Waals surface area contributed by atoms with Gasteiger partial charge in [-0.1, -0.05) is 18.2 Å². The Morgan fingerprint density at radius 2 is 2.04 bits per heavy atom. The molecule has 0 aromatic heterocycles. The average molecular weight is 370 g/mol.